The van der Waals surface area contributed by atoms with Gasteiger partial charge in [0.25, 0.3) is 5.91 Å². The van der Waals surface area contributed by atoms with Gasteiger partial charge in [0.05, 0.1) is 6.10 Å². The van der Waals surface area contributed by atoms with Crippen molar-refractivity contribution in [3.8, 4) is 0 Å². The van der Waals surface area contributed by atoms with E-state index in [4.69, 9.17) is 4.74 Å². The lowest BCUT2D eigenvalue weighted by molar-refractivity contribution is -0.142. The number of allylic oxidation sites excluding steroid dienone is 1. The predicted molar refractivity (Wildman–Crippen MR) is 155 cm³/mol. The summed E-state index contributed by atoms with van der Waals surface area (Å²) in [5, 5.41) is 15.9. The standard InChI is InChI=1S/C29H45FN4O8S/c1-17-8-6-7-9-19-14-29(19,25(38)33-43(40,41)28(16-30)10-11-28)32-23(36)21-13-20(35)15-34(21)24(37)22(18(2)12-17)31-26(39)42-27(3,4)5/h7,9,17-22,35H,6,8,10-16H2,1-5H3,(H,31,39)(H,32,36)(H,33,38)/b9-7-/t17?,18-,19-,20-,21+,22+,29-/m1/s1. The molecular formula is C29H45FN4O8S. The number of alkyl halides is 1. The number of nitrogens with zero attached hydrogens (tertiary/aromatic N) is 1. The zero-order valence-electron chi connectivity index (χ0n) is 25.5. The summed E-state index contributed by atoms with van der Waals surface area (Å²) < 4.78 is 45.1. The van der Waals surface area contributed by atoms with Crippen molar-refractivity contribution in [1.29, 1.82) is 0 Å². The van der Waals surface area contributed by atoms with Gasteiger partial charge >= 0.3 is 6.09 Å². The van der Waals surface area contributed by atoms with Crippen molar-refractivity contribution in [2.75, 3.05) is 13.2 Å². The van der Waals surface area contributed by atoms with Gasteiger partial charge in [-0.3, -0.25) is 19.1 Å². The molecule has 242 valence electrons. The number of ether oxygens (including phenoxy) is 1. The Bertz CT molecular complexity index is 1260. The van der Waals surface area contributed by atoms with Gasteiger partial charge in [-0.1, -0.05) is 26.0 Å². The maximum Gasteiger partial charge on any atom is 0.408 e. The van der Waals surface area contributed by atoms with E-state index in [1.54, 1.807) is 26.8 Å². The van der Waals surface area contributed by atoms with E-state index in [0.29, 0.717) is 12.8 Å². The summed E-state index contributed by atoms with van der Waals surface area (Å²) in [5.41, 5.74) is -2.42. The molecule has 43 heavy (non-hydrogen) atoms. The van der Waals surface area contributed by atoms with Gasteiger partial charge in [0.1, 0.15) is 34.6 Å². The number of sulfonamides is 1. The number of aliphatic hydroxyl groups is 1. The van der Waals surface area contributed by atoms with E-state index in [2.05, 4.69) is 10.6 Å². The van der Waals surface area contributed by atoms with Crippen molar-refractivity contribution < 1.29 is 41.8 Å². The van der Waals surface area contributed by atoms with Gasteiger partial charge in [-0.25, -0.2) is 17.6 Å². The lowest BCUT2D eigenvalue weighted by Gasteiger charge is -2.33. The first-order valence-electron chi connectivity index (χ1n) is 15.0. The number of hydrogen-bond donors (Lipinski definition) is 4. The van der Waals surface area contributed by atoms with Crippen molar-refractivity contribution in [3.63, 3.8) is 0 Å². The van der Waals surface area contributed by atoms with Crippen LogP contribution in [0, 0.1) is 17.8 Å². The molecule has 0 radical (unpaired) electrons. The first kappa shape index (κ1) is 33.2. The zero-order valence-corrected chi connectivity index (χ0v) is 26.3. The summed E-state index contributed by atoms with van der Waals surface area (Å²) in [6, 6.07) is -2.22. The number of halogens is 1. The molecule has 0 spiro atoms. The van der Waals surface area contributed by atoms with Crippen LogP contribution in [0.3, 0.4) is 0 Å². The van der Waals surface area contributed by atoms with E-state index in [9.17, 15) is 37.1 Å². The number of aliphatic hydroxyl groups excluding tert-OH is 1. The fourth-order valence-corrected chi connectivity index (χ4v) is 7.54. The highest BCUT2D eigenvalue weighted by atomic mass is 32.2. The van der Waals surface area contributed by atoms with Crippen LogP contribution in [0.25, 0.3) is 0 Å². The molecule has 4 rings (SSSR count). The Hall–Kier alpha value is -2.74. The van der Waals surface area contributed by atoms with Gasteiger partial charge in [-0.05, 0) is 71.1 Å². The van der Waals surface area contributed by atoms with E-state index in [1.165, 1.54) is 4.90 Å². The molecule has 2 heterocycles. The number of fused-ring (bicyclic) bond motifs is 2. The smallest absolute Gasteiger partial charge is 0.408 e. The highest BCUT2D eigenvalue weighted by molar-refractivity contribution is 7.91. The number of carbonyl (C=O) groups excluding carboxylic acids is 4. The first-order chi connectivity index (χ1) is 19.9. The monoisotopic (exact) mass is 628 g/mol. The Morgan fingerprint density at radius 3 is 2.49 bits per heavy atom. The van der Waals surface area contributed by atoms with E-state index < -0.39 is 80.5 Å². The van der Waals surface area contributed by atoms with Crippen LogP contribution in [-0.4, -0.2) is 89.5 Å². The highest BCUT2D eigenvalue weighted by Crippen LogP contribution is 2.48. The molecule has 2 saturated carbocycles. The van der Waals surface area contributed by atoms with Crippen LogP contribution in [0.5, 0.6) is 0 Å². The summed E-state index contributed by atoms with van der Waals surface area (Å²) in [6.07, 6.45) is 4.02. The SMILES string of the molecule is CC1CC/C=C\[C@@H]2C[C@@]2(C(=O)NS(=O)(=O)C2(CF)CC2)NC(=O)[C@@H]2C[C@@H](O)CN2C(=O)[C@@H](NC(=O)OC(C)(C)C)[C@H](C)C1. The molecule has 0 aromatic heterocycles. The quantitative estimate of drug-likeness (QED) is 0.333. The van der Waals surface area contributed by atoms with E-state index in [-0.39, 0.29) is 44.1 Å². The third-order valence-corrected chi connectivity index (χ3v) is 11.1. The zero-order chi connectivity index (χ0) is 32.0. The molecule has 4 aliphatic rings. The summed E-state index contributed by atoms with van der Waals surface area (Å²) in [5.74, 6) is -2.96. The first-order valence-corrected chi connectivity index (χ1v) is 16.5. The molecule has 0 aromatic carbocycles. The van der Waals surface area contributed by atoms with Crippen molar-refractivity contribution in [2.24, 2.45) is 17.8 Å². The van der Waals surface area contributed by atoms with Crippen LogP contribution in [0.4, 0.5) is 9.18 Å². The van der Waals surface area contributed by atoms with Crippen molar-refractivity contribution in [1.82, 2.24) is 20.3 Å². The Morgan fingerprint density at radius 1 is 1.21 bits per heavy atom. The van der Waals surface area contributed by atoms with Gasteiger partial charge < -0.3 is 25.4 Å². The van der Waals surface area contributed by atoms with E-state index in [0.717, 1.165) is 6.42 Å². The Labute approximate surface area is 252 Å². The van der Waals surface area contributed by atoms with Crippen LogP contribution < -0.4 is 15.4 Å². The molecule has 4 amide bonds. The second kappa shape index (κ2) is 12.0. The second-order valence-electron chi connectivity index (χ2n) is 13.9. The Morgan fingerprint density at radius 2 is 1.88 bits per heavy atom. The van der Waals surface area contributed by atoms with Crippen LogP contribution in [0.15, 0.2) is 12.2 Å². The van der Waals surface area contributed by atoms with Crippen molar-refractivity contribution in [2.45, 2.75) is 114 Å². The summed E-state index contributed by atoms with van der Waals surface area (Å²) in [4.78, 5) is 55.1. The highest BCUT2D eigenvalue weighted by Gasteiger charge is 2.64. The topological polar surface area (TPSA) is 171 Å². The normalized spacial score (nSPS) is 35.3. The maximum absolute atomic E-state index is 14.0. The van der Waals surface area contributed by atoms with Gasteiger partial charge in [-0.15, -0.1) is 0 Å². The fourth-order valence-electron chi connectivity index (χ4n) is 6.12. The average Bonchev–Trinajstić information content (AvgIpc) is 3.79. The molecule has 12 nitrogen and oxygen atoms in total. The number of nitrogens with one attached hydrogen (secondary N) is 3. The largest absolute Gasteiger partial charge is 0.444 e. The molecule has 0 bridgehead atoms. The third-order valence-electron chi connectivity index (χ3n) is 8.96. The van der Waals surface area contributed by atoms with Crippen LogP contribution in [0.1, 0.15) is 79.6 Å². The summed E-state index contributed by atoms with van der Waals surface area (Å²) >= 11 is 0. The minimum Gasteiger partial charge on any atom is -0.444 e. The van der Waals surface area contributed by atoms with Gasteiger partial charge in [0, 0.05) is 18.9 Å². The summed E-state index contributed by atoms with van der Waals surface area (Å²) in [7, 11) is -4.33. The molecule has 4 N–H and O–H groups in total. The second-order valence-corrected chi connectivity index (χ2v) is 15.9. The minimum absolute atomic E-state index is 0.0982. The number of carbonyl (C=O) groups is 4. The number of hydrogen-bond acceptors (Lipinski definition) is 8. The number of rotatable bonds is 5. The lowest BCUT2D eigenvalue weighted by atomic mass is 9.88. The minimum atomic E-state index is -4.33. The molecule has 0 aromatic rings. The van der Waals surface area contributed by atoms with Crippen LogP contribution in [-0.2, 0) is 29.1 Å². The third kappa shape index (κ3) is 7.16. The number of amides is 4. The van der Waals surface area contributed by atoms with Crippen LogP contribution in [0.2, 0.25) is 0 Å². The van der Waals surface area contributed by atoms with Crippen molar-refractivity contribution in [3.05, 3.63) is 12.2 Å². The number of alkyl carbamates (subject to hydrolysis) is 1. The molecule has 2 aliphatic heterocycles. The Balaban J connectivity index is 1.63. The molecule has 7 atom stereocenters. The molecular weight excluding hydrogens is 583 g/mol. The molecule has 1 unspecified atom stereocenters. The van der Waals surface area contributed by atoms with Crippen LogP contribution >= 0.6 is 0 Å². The molecule has 14 heteroatoms. The lowest BCUT2D eigenvalue weighted by Crippen LogP contribution is -2.59. The fraction of sp³-hybridized carbons (Fsp3) is 0.793. The maximum atomic E-state index is 14.0. The predicted octanol–water partition coefficient (Wildman–Crippen LogP) is 1.68. The van der Waals surface area contributed by atoms with Gasteiger partial charge in [0.15, 0.2) is 0 Å². The molecule has 1 saturated heterocycles. The van der Waals surface area contributed by atoms with Gasteiger partial charge in [0.2, 0.25) is 21.8 Å². The van der Waals surface area contributed by atoms with E-state index in [1.807, 2.05) is 24.6 Å². The Kier molecular flexibility index (Phi) is 9.24. The average molecular weight is 629 g/mol. The van der Waals surface area contributed by atoms with E-state index >= 15 is 0 Å². The molecule has 2 aliphatic carbocycles. The van der Waals surface area contributed by atoms with Gasteiger partial charge in [-0.2, -0.15) is 0 Å². The summed E-state index contributed by atoms with van der Waals surface area (Å²) in [6.45, 7) is 7.68. The molecule has 3 fully saturated rings. The van der Waals surface area contributed by atoms with Crippen molar-refractivity contribution >= 4 is 33.8 Å².